The molecular weight excluding hydrogens is 178 g/mol. The maximum atomic E-state index is 9.35. The Hall–Kier alpha value is -0.240. The summed E-state index contributed by atoms with van der Waals surface area (Å²) < 4.78 is 9.83. The molecule has 1 aliphatic heterocycles. The van der Waals surface area contributed by atoms with Gasteiger partial charge >= 0.3 is 0 Å². The lowest BCUT2D eigenvalue weighted by Gasteiger charge is -2.39. The van der Waals surface area contributed by atoms with Gasteiger partial charge in [0.25, 0.3) is 0 Å². The smallest absolute Gasteiger partial charge is 0.186 e. The van der Waals surface area contributed by atoms with Crippen LogP contribution in [0.15, 0.2) is 0 Å². The number of methoxy groups -OCH3 is 1. The van der Waals surface area contributed by atoms with Crippen LogP contribution in [0.4, 0.5) is 0 Å². The number of aliphatic hydroxyl groups excluding tert-OH is 3. The highest BCUT2D eigenvalue weighted by Crippen LogP contribution is 2.20. The predicted octanol–water partition coefficient (Wildman–Crippen LogP) is -2.60. The van der Waals surface area contributed by atoms with E-state index in [0.29, 0.717) is 0 Å². The molecule has 0 unspecified atom stereocenters. The number of aliphatic hydroxyl groups is 3. The SMILES string of the molecule is CO[C@@H]1O[C@@H](CN)[C@H](O)[C@@H](O)[C@@H]1O. The number of nitrogens with two attached hydrogens (primary N) is 1. The van der Waals surface area contributed by atoms with Gasteiger partial charge < -0.3 is 30.5 Å². The van der Waals surface area contributed by atoms with E-state index >= 15 is 0 Å². The Kier molecular flexibility index (Phi) is 3.60. The van der Waals surface area contributed by atoms with Gasteiger partial charge in [0.05, 0.1) is 0 Å². The third-order valence-electron chi connectivity index (χ3n) is 2.13. The second-order valence-electron chi connectivity index (χ2n) is 2.99. The molecule has 13 heavy (non-hydrogen) atoms. The standard InChI is InChI=1S/C7H15NO5/c1-12-7-6(11)5(10)4(9)3(2-8)13-7/h3-7,9-11H,2,8H2,1H3/t3-,4-,5+,6-,7+/m0/s1. The maximum absolute atomic E-state index is 9.35. The second kappa shape index (κ2) is 4.32. The van der Waals surface area contributed by atoms with Gasteiger partial charge in [-0.3, -0.25) is 0 Å². The summed E-state index contributed by atoms with van der Waals surface area (Å²) in [6.45, 7) is 0.0603. The molecule has 1 fully saturated rings. The van der Waals surface area contributed by atoms with Crippen molar-refractivity contribution in [2.45, 2.75) is 30.7 Å². The van der Waals surface area contributed by atoms with E-state index in [2.05, 4.69) is 0 Å². The first-order chi connectivity index (χ1) is 6.11. The molecule has 1 saturated heterocycles. The number of hydrogen-bond donors (Lipinski definition) is 4. The molecule has 0 aromatic heterocycles. The zero-order valence-electron chi connectivity index (χ0n) is 7.33. The lowest BCUT2D eigenvalue weighted by molar-refractivity contribution is -0.287. The lowest BCUT2D eigenvalue weighted by atomic mass is 9.99. The van der Waals surface area contributed by atoms with Gasteiger partial charge in [-0.15, -0.1) is 0 Å². The molecule has 0 amide bonds. The molecule has 1 heterocycles. The molecule has 5 atom stereocenters. The molecule has 0 aromatic carbocycles. The van der Waals surface area contributed by atoms with Crippen LogP contribution < -0.4 is 5.73 Å². The monoisotopic (exact) mass is 193 g/mol. The third-order valence-corrected chi connectivity index (χ3v) is 2.13. The molecule has 0 aromatic rings. The van der Waals surface area contributed by atoms with Crippen LogP contribution in [0.5, 0.6) is 0 Å². The van der Waals surface area contributed by atoms with Crippen molar-refractivity contribution in [1.29, 1.82) is 0 Å². The van der Waals surface area contributed by atoms with Crippen molar-refractivity contribution >= 4 is 0 Å². The molecule has 5 N–H and O–H groups in total. The number of ether oxygens (including phenoxy) is 2. The van der Waals surface area contributed by atoms with E-state index in [4.69, 9.17) is 15.2 Å². The van der Waals surface area contributed by atoms with E-state index in [1.165, 1.54) is 7.11 Å². The summed E-state index contributed by atoms with van der Waals surface area (Å²) in [6.07, 6.45) is -5.35. The van der Waals surface area contributed by atoms with Crippen LogP contribution in [0.2, 0.25) is 0 Å². The molecule has 0 radical (unpaired) electrons. The minimum absolute atomic E-state index is 0.0603. The topological polar surface area (TPSA) is 105 Å². The minimum atomic E-state index is -1.28. The van der Waals surface area contributed by atoms with Gasteiger partial charge in [-0.1, -0.05) is 0 Å². The van der Waals surface area contributed by atoms with Crippen molar-refractivity contribution in [1.82, 2.24) is 0 Å². The third kappa shape index (κ3) is 1.98. The highest BCUT2D eigenvalue weighted by molar-refractivity contribution is 4.89. The largest absolute Gasteiger partial charge is 0.388 e. The fraction of sp³-hybridized carbons (Fsp3) is 1.00. The Balaban J connectivity index is 2.66. The Labute approximate surface area is 75.9 Å². The fourth-order valence-corrected chi connectivity index (χ4v) is 1.31. The van der Waals surface area contributed by atoms with Gasteiger partial charge in [0.15, 0.2) is 6.29 Å². The summed E-state index contributed by atoms with van der Waals surface area (Å²) in [7, 11) is 1.34. The molecule has 78 valence electrons. The molecule has 6 heteroatoms. The van der Waals surface area contributed by atoms with E-state index in [9.17, 15) is 15.3 Å². The summed E-state index contributed by atoms with van der Waals surface area (Å²) in [5, 5.41) is 28.0. The highest BCUT2D eigenvalue weighted by atomic mass is 16.7. The zero-order chi connectivity index (χ0) is 10.0. The normalized spacial score (nSPS) is 46.4. The summed E-state index contributed by atoms with van der Waals surface area (Å²) in [4.78, 5) is 0. The molecule has 0 aliphatic carbocycles. The fourth-order valence-electron chi connectivity index (χ4n) is 1.31. The molecule has 1 rings (SSSR count). The number of rotatable bonds is 2. The van der Waals surface area contributed by atoms with E-state index in [1.54, 1.807) is 0 Å². The summed E-state index contributed by atoms with van der Waals surface area (Å²) in [5.74, 6) is 0. The second-order valence-corrected chi connectivity index (χ2v) is 2.99. The summed E-state index contributed by atoms with van der Waals surface area (Å²) in [6, 6.07) is 0. The van der Waals surface area contributed by atoms with Crippen LogP contribution in [-0.4, -0.2) is 59.7 Å². The minimum Gasteiger partial charge on any atom is -0.388 e. The molecule has 6 nitrogen and oxygen atoms in total. The van der Waals surface area contributed by atoms with Crippen molar-refractivity contribution < 1.29 is 24.8 Å². The van der Waals surface area contributed by atoms with E-state index in [-0.39, 0.29) is 6.54 Å². The predicted molar refractivity (Wildman–Crippen MR) is 42.7 cm³/mol. The number of hydrogen-bond acceptors (Lipinski definition) is 6. The average Bonchev–Trinajstić information content (AvgIpc) is 2.15. The Bertz CT molecular complexity index is 147. The molecule has 1 aliphatic rings. The van der Waals surface area contributed by atoms with E-state index in [0.717, 1.165) is 0 Å². The van der Waals surface area contributed by atoms with Crippen LogP contribution in [0, 0.1) is 0 Å². The Morgan fingerprint density at radius 3 is 2.31 bits per heavy atom. The van der Waals surface area contributed by atoms with Gasteiger partial charge in [0.1, 0.15) is 24.4 Å². The first-order valence-corrected chi connectivity index (χ1v) is 4.04. The molecule has 0 saturated carbocycles. The maximum Gasteiger partial charge on any atom is 0.186 e. The van der Waals surface area contributed by atoms with Crippen LogP contribution in [0.25, 0.3) is 0 Å². The van der Waals surface area contributed by atoms with Crippen LogP contribution >= 0.6 is 0 Å². The molecule has 0 spiro atoms. The van der Waals surface area contributed by atoms with Gasteiger partial charge in [-0.05, 0) is 0 Å². The van der Waals surface area contributed by atoms with Crippen molar-refractivity contribution in [2.75, 3.05) is 13.7 Å². The molecule has 0 bridgehead atoms. The average molecular weight is 193 g/mol. The van der Waals surface area contributed by atoms with Crippen LogP contribution in [-0.2, 0) is 9.47 Å². The summed E-state index contributed by atoms with van der Waals surface area (Å²) >= 11 is 0. The summed E-state index contributed by atoms with van der Waals surface area (Å²) in [5.41, 5.74) is 5.28. The van der Waals surface area contributed by atoms with Gasteiger partial charge in [0.2, 0.25) is 0 Å². The van der Waals surface area contributed by atoms with Crippen molar-refractivity contribution in [3.8, 4) is 0 Å². The van der Waals surface area contributed by atoms with E-state index < -0.39 is 30.7 Å². The lowest BCUT2D eigenvalue weighted by Crippen LogP contribution is -2.59. The van der Waals surface area contributed by atoms with Crippen molar-refractivity contribution in [3.05, 3.63) is 0 Å². The Morgan fingerprint density at radius 2 is 1.85 bits per heavy atom. The first kappa shape index (κ1) is 10.8. The van der Waals surface area contributed by atoms with Crippen LogP contribution in [0.3, 0.4) is 0 Å². The van der Waals surface area contributed by atoms with E-state index in [1.807, 2.05) is 0 Å². The van der Waals surface area contributed by atoms with Crippen molar-refractivity contribution in [2.24, 2.45) is 5.73 Å². The quantitative estimate of drug-likeness (QED) is 0.383. The van der Waals surface area contributed by atoms with Crippen LogP contribution in [0.1, 0.15) is 0 Å². The van der Waals surface area contributed by atoms with Gasteiger partial charge in [-0.2, -0.15) is 0 Å². The first-order valence-electron chi connectivity index (χ1n) is 4.04. The highest BCUT2D eigenvalue weighted by Gasteiger charge is 2.43. The van der Waals surface area contributed by atoms with Gasteiger partial charge in [0, 0.05) is 13.7 Å². The zero-order valence-corrected chi connectivity index (χ0v) is 7.33. The van der Waals surface area contributed by atoms with Gasteiger partial charge in [-0.25, -0.2) is 0 Å². The van der Waals surface area contributed by atoms with Crippen molar-refractivity contribution in [3.63, 3.8) is 0 Å². The molecular formula is C7H15NO5. The Morgan fingerprint density at radius 1 is 1.23 bits per heavy atom.